The van der Waals surface area contributed by atoms with Crippen LogP contribution >= 0.6 is 15.9 Å². The molecule has 0 saturated carbocycles. The number of hydrogen-bond donors (Lipinski definition) is 0. The van der Waals surface area contributed by atoms with Gasteiger partial charge in [-0.3, -0.25) is 0 Å². The van der Waals surface area contributed by atoms with E-state index in [2.05, 4.69) is 71.4 Å². The molecule has 1 atom stereocenters. The molecule has 1 unspecified atom stereocenters. The smallest absolute Gasteiger partial charge is 0.119 e. The lowest BCUT2D eigenvalue weighted by atomic mass is 9.92. The first-order valence-electron chi connectivity index (χ1n) is 8.51. The van der Waals surface area contributed by atoms with Crippen molar-refractivity contribution in [1.29, 1.82) is 0 Å². The Bertz CT molecular complexity index is 489. The summed E-state index contributed by atoms with van der Waals surface area (Å²) >= 11 is 3.84. The molecule has 0 saturated heterocycles. The van der Waals surface area contributed by atoms with Gasteiger partial charge in [0.2, 0.25) is 0 Å². The van der Waals surface area contributed by atoms with Gasteiger partial charge in [0.1, 0.15) is 5.75 Å². The largest absolute Gasteiger partial charge is 0.494 e. The van der Waals surface area contributed by atoms with Gasteiger partial charge in [0.25, 0.3) is 0 Å². The molecule has 0 heterocycles. The molecule has 120 valence electrons. The predicted molar refractivity (Wildman–Crippen MR) is 98.8 cm³/mol. The maximum Gasteiger partial charge on any atom is 0.119 e. The fourth-order valence-electron chi connectivity index (χ4n) is 2.71. The number of alkyl halides is 1. The topological polar surface area (TPSA) is 9.23 Å². The van der Waals surface area contributed by atoms with E-state index in [1.165, 1.54) is 37.7 Å². The van der Waals surface area contributed by atoms with Gasteiger partial charge in [0, 0.05) is 0 Å². The van der Waals surface area contributed by atoms with Crippen LogP contribution in [0.2, 0.25) is 0 Å². The van der Waals surface area contributed by atoms with E-state index in [1.807, 2.05) is 0 Å². The zero-order valence-electron chi connectivity index (χ0n) is 13.6. The van der Waals surface area contributed by atoms with Gasteiger partial charge < -0.3 is 4.74 Å². The average Bonchev–Trinajstić information content (AvgIpc) is 2.55. The van der Waals surface area contributed by atoms with Gasteiger partial charge in [-0.2, -0.15) is 0 Å². The molecule has 1 aromatic rings. The van der Waals surface area contributed by atoms with Crippen molar-refractivity contribution in [3.05, 3.63) is 54.1 Å². The zero-order chi connectivity index (χ0) is 15.7. The third kappa shape index (κ3) is 5.31. The van der Waals surface area contributed by atoms with Crippen LogP contribution in [0.25, 0.3) is 0 Å². The molecular formula is C20H27BrO. The molecule has 0 fully saturated rings. The highest BCUT2D eigenvalue weighted by Crippen LogP contribution is 2.39. The lowest BCUT2D eigenvalue weighted by Gasteiger charge is -2.25. The van der Waals surface area contributed by atoms with E-state index in [0.717, 1.165) is 25.2 Å². The van der Waals surface area contributed by atoms with Crippen molar-refractivity contribution < 1.29 is 4.74 Å². The highest BCUT2D eigenvalue weighted by atomic mass is 79.9. The van der Waals surface area contributed by atoms with Gasteiger partial charge in [-0.1, -0.05) is 91.4 Å². The van der Waals surface area contributed by atoms with E-state index in [9.17, 15) is 0 Å². The Labute approximate surface area is 143 Å². The van der Waals surface area contributed by atoms with E-state index in [0.29, 0.717) is 0 Å². The predicted octanol–water partition coefficient (Wildman–Crippen LogP) is 6.53. The summed E-state index contributed by atoms with van der Waals surface area (Å²) < 4.78 is 5.78. The van der Waals surface area contributed by atoms with E-state index < -0.39 is 0 Å². The summed E-state index contributed by atoms with van der Waals surface area (Å²) in [5.41, 5.74) is 1.28. The number of rotatable bonds is 9. The monoisotopic (exact) mass is 362 g/mol. The van der Waals surface area contributed by atoms with Crippen molar-refractivity contribution >= 4 is 15.9 Å². The first kappa shape index (κ1) is 17.3. The Morgan fingerprint density at radius 1 is 1.00 bits per heavy atom. The quantitative estimate of drug-likeness (QED) is 0.358. The highest BCUT2D eigenvalue weighted by molar-refractivity contribution is 9.09. The Kier molecular flexibility index (Phi) is 7.24. The summed E-state index contributed by atoms with van der Waals surface area (Å²) in [6.07, 6.45) is 17.4. The summed E-state index contributed by atoms with van der Waals surface area (Å²) in [6.45, 7) is 3.08. The Balaban J connectivity index is 1.73. The van der Waals surface area contributed by atoms with Gasteiger partial charge in [0.15, 0.2) is 0 Å². The first-order valence-corrected chi connectivity index (χ1v) is 9.30. The number of halogens is 1. The zero-order valence-corrected chi connectivity index (χ0v) is 15.1. The Morgan fingerprint density at radius 2 is 1.73 bits per heavy atom. The second-order valence-electron chi connectivity index (χ2n) is 5.99. The third-order valence-electron chi connectivity index (χ3n) is 4.12. The van der Waals surface area contributed by atoms with E-state index in [-0.39, 0.29) is 4.32 Å². The molecular weight excluding hydrogens is 336 g/mol. The van der Waals surface area contributed by atoms with Crippen molar-refractivity contribution in [3.8, 4) is 5.75 Å². The second kappa shape index (κ2) is 9.19. The van der Waals surface area contributed by atoms with Crippen LogP contribution in [-0.2, 0) is 4.32 Å². The van der Waals surface area contributed by atoms with Crippen LogP contribution in [0.4, 0.5) is 0 Å². The minimum absolute atomic E-state index is 0.0560. The molecule has 1 aliphatic rings. The van der Waals surface area contributed by atoms with Crippen LogP contribution in [-0.4, -0.2) is 6.61 Å². The maximum absolute atomic E-state index is 5.84. The number of benzene rings is 1. The summed E-state index contributed by atoms with van der Waals surface area (Å²) in [7, 11) is 0. The fraction of sp³-hybridized carbons (Fsp3) is 0.500. The van der Waals surface area contributed by atoms with E-state index in [4.69, 9.17) is 4.74 Å². The normalized spacial score (nSPS) is 20.3. The molecule has 0 aromatic heterocycles. The molecule has 0 amide bonds. The van der Waals surface area contributed by atoms with Crippen molar-refractivity contribution in [2.24, 2.45) is 0 Å². The van der Waals surface area contributed by atoms with Crippen LogP contribution in [0.3, 0.4) is 0 Å². The third-order valence-corrected chi connectivity index (χ3v) is 5.17. The molecule has 0 N–H and O–H groups in total. The fourth-order valence-corrected chi connectivity index (χ4v) is 3.31. The standard InChI is InChI=1S/C20H27BrO/c1-2-3-4-5-6-10-17-22-19-13-11-18(12-14-19)20(21)15-8-7-9-16-20/h7-9,11-15H,2-6,10,16-17H2,1H3. The van der Waals surface area contributed by atoms with Crippen LogP contribution in [0.1, 0.15) is 57.4 Å². The van der Waals surface area contributed by atoms with Crippen molar-refractivity contribution in [1.82, 2.24) is 0 Å². The van der Waals surface area contributed by atoms with Crippen LogP contribution in [0.15, 0.2) is 48.6 Å². The molecule has 0 spiro atoms. The molecule has 1 nitrogen and oxygen atoms in total. The van der Waals surface area contributed by atoms with Crippen molar-refractivity contribution in [3.63, 3.8) is 0 Å². The minimum atomic E-state index is -0.0560. The van der Waals surface area contributed by atoms with Crippen molar-refractivity contribution in [2.45, 2.75) is 56.2 Å². The summed E-state index contributed by atoms with van der Waals surface area (Å²) in [6, 6.07) is 8.49. The minimum Gasteiger partial charge on any atom is -0.494 e. The molecule has 2 heteroatoms. The first-order chi connectivity index (χ1) is 10.7. The van der Waals surface area contributed by atoms with Crippen LogP contribution in [0.5, 0.6) is 5.75 Å². The van der Waals surface area contributed by atoms with Crippen LogP contribution < -0.4 is 4.74 Å². The lowest BCUT2D eigenvalue weighted by molar-refractivity contribution is 0.304. The molecule has 0 aliphatic heterocycles. The summed E-state index contributed by atoms with van der Waals surface area (Å²) in [5.74, 6) is 0.976. The average molecular weight is 363 g/mol. The van der Waals surface area contributed by atoms with E-state index >= 15 is 0 Å². The van der Waals surface area contributed by atoms with Crippen LogP contribution in [0, 0.1) is 0 Å². The molecule has 2 rings (SSSR count). The molecule has 22 heavy (non-hydrogen) atoms. The van der Waals surface area contributed by atoms with Gasteiger partial charge in [-0.15, -0.1) is 0 Å². The highest BCUT2D eigenvalue weighted by Gasteiger charge is 2.25. The number of unbranched alkanes of at least 4 members (excludes halogenated alkanes) is 5. The number of allylic oxidation sites excluding steroid dienone is 4. The summed E-state index contributed by atoms with van der Waals surface area (Å²) in [4.78, 5) is 0. The van der Waals surface area contributed by atoms with Gasteiger partial charge in [-0.25, -0.2) is 0 Å². The summed E-state index contributed by atoms with van der Waals surface area (Å²) in [5, 5.41) is 0. The Hall–Kier alpha value is -1.02. The SMILES string of the molecule is CCCCCCCCOc1ccc(C2(Br)C=CC=CC2)cc1. The van der Waals surface area contributed by atoms with Gasteiger partial charge in [0.05, 0.1) is 10.9 Å². The van der Waals surface area contributed by atoms with Crippen molar-refractivity contribution in [2.75, 3.05) is 6.61 Å². The lowest BCUT2D eigenvalue weighted by Crippen LogP contribution is -2.15. The molecule has 1 aromatic carbocycles. The van der Waals surface area contributed by atoms with E-state index in [1.54, 1.807) is 0 Å². The molecule has 1 aliphatic carbocycles. The Morgan fingerprint density at radius 3 is 2.41 bits per heavy atom. The number of ether oxygens (including phenoxy) is 1. The second-order valence-corrected chi connectivity index (χ2v) is 7.41. The molecule has 0 radical (unpaired) electrons. The molecule has 0 bridgehead atoms. The van der Waals surface area contributed by atoms with Gasteiger partial charge in [-0.05, 0) is 30.5 Å². The van der Waals surface area contributed by atoms with Gasteiger partial charge >= 0.3 is 0 Å². The number of hydrogen-bond acceptors (Lipinski definition) is 1. The maximum atomic E-state index is 5.84.